The SMILES string of the molecule is C[C@H]1C=CC2=CCC[C@H](O[Si](C)(C)C)[C@@H]2[C@H]1CC[C@@H]1C[C@H](CCO[Si](c2ccccc2)(c2ccccc2)C(C)(C)C)OC(C)(C)O1. The maximum absolute atomic E-state index is 7.25. The molecule has 6 heteroatoms. The minimum absolute atomic E-state index is 0.0390. The normalized spacial score (nSPS) is 28.4. The molecule has 0 amide bonds. The van der Waals surface area contributed by atoms with Gasteiger partial charge in [0.1, 0.15) is 0 Å². The number of hydrogen-bond acceptors (Lipinski definition) is 4. The van der Waals surface area contributed by atoms with Gasteiger partial charge in [-0.2, -0.15) is 0 Å². The van der Waals surface area contributed by atoms with Crippen molar-refractivity contribution < 1.29 is 18.3 Å². The van der Waals surface area contributed by atoms with E-state index in [1.165, 1.54) is 15.9 Å². The molecule has 1 fully saturated rings. The standard InChI is InChI=1S/C40H60O4Si2/c1-30-23-24-31-17-16-22-37(44-45(7,8)9)38(31)36(30)26-25-32-29-33(43-40(5,6)42-32)27-28-41-46(39(2,3)4,34-18-12-10-13-19-34)35-20-14-11-15-21-35/h10-15,17-21,23-24,30,32-33,36-38H,16,22,25-29H2,1-9H3/t30-,32+,33-,36-,37-,38-/m0/s1. The zero-order valence-electron chi connectivity index (χ0n) is 30.1. The molecule has 2 aromatic rings. The lowest BCUT2D eigenvalue weighted by Gasteiger charge is -2.46. The first-order chi connectivity index (χ1) is 21.7. The summed E-state index contributed by atoms with van der Waals surface area (Å²) in [6.45, 7) is 21.3. The van der Waals surface area contributed by atoms with Crippen molar-refractivity contribution in [2.75, 3.05) is 6.61 Å². The Morgan fingerprint density at radius 2 is 1.43 bits per heavy atom. The number of benzene rings is 2. The molecule has 0 spiro atoms. The molecule has 2 aromatic carbocycles. The third kappa shape index (κ3) is 8.24. The summed E-state index contributed by atoms with van der Waals surface area (Å²) in [5.41, 5.74) is 1.50. The van der Waals surface area contributed by atoms with E-state index in [1.807, 2.05) is 0 Å². The van der Waals surface area contributed by atoms with E-state index < -0.39 is 22.4 Å². The largest absolute Gasteiger partial charge is 0.414 e. The van der Waals surface area contributed by atoms with Gasteiger partial charge in [0.2, 0.25) is 0 Å². The molecule has 0 radical (unpaired) electrons. The molecule has 2 aliphatic carbocycles. The van der Waals surface area contributed by atoms with E-state index in [0.717, 1.165) is 38.5 Å². The van der Waals surface area contributed by atoms with Crippen molar-refractivity contribution in [2.45, 2.75) is 129 Å². The van der Waals surface area contributed by atoms with Gasteiger partial charge in [0.25, 0.3) is 8.32 Å². The van der Waals surface area contributed by atoms with E-state index in [1.54, 1.807) is 0 Å². The van der Waals surface area contributed by atoms with Crippen LogP contribution in [0.2, 0.25) is 24.7 Å². The number of ether oxygens (including phenoxy) is 2. The Bertz CT molecular complexity index is 1290. The number of fused-ring (bicyclic) bond motifs is 1. The van der Waals surface area contributed by atoms with Crippen LogP contribution in [0.1, 0.15) is 80.1 Å². The molecule has 0 N–H and O–H groups in total. The monoisotopic (exact) mass is 660 g/mol. The molecule has 1 saturated heterocycles. The van der Waals surface area contributed by atoms with Gasteiger partial charge in [0.15, 0.2) is 14.1 Å². The topological polar surface area (TPSA) is 36.9 Å². The summed E-state index contributed by atoms with van der Waals surface area (Å²) < 4.78 is 27.2. The van der Waals surface area contributed by atoms with Crippen LogP contribution < -0.4 is 10.4 Å². The van der Waals surface area contributed by atoms with Gasteiger partial charge in [-0.05, 0) is 98.4 Å². The number of hydrogen-bond donors (Lipinski definition) is 0. The van der Waals surface area contributed by atoms with E-state index in [4.69, 9.17) is 18.3 Å². The molecule has 6 atom stereocenters. The van der Waals surface area contributed by atoms with Crippen molar-refractivity contribution in [2.24, 2.45) is 17.8 Å². The summed E-state index contributed by atoms with van der Waals surface area (Å²) in [6.07, 6.45) is 14.1. The second kappa shape index (κ2) is 14.4. The molecule has 4 nitrogen and oxygen atoms in total. The Morgan fingerprint density at radius 3 is 2.00 bits per heavy atom. The molecule has 0 unspecified atom stereocenters. The van der Waals surface area contributed by atoms with Crippen molar-refractivity contribution in [3.8, 4) is 0 Å². The maximum atomic E-state index is 7.25. The lowest BCUT2D eigenvalue weighted by atomic mass is 9.66. The summed E-state index contributed by atoms with van der Waals surface area (Å²) in [5.74, 6) is 0.993. The van der Waals surface area contributed by atoms with E-state index >= 15 is 0 Å². The Morgan fingerprint density at radius 1 is 0.848 bits per heavy atom. The van der Waals surface area contributed by atoms with Gasteiger partial charge in [-0.15, -0.1) is 0 Å². The zero-order chi connectivity index (χ0) is 33.2. The van der Waals surface area contributed by atoms with E-state index in [2.05, 4.69) is 140 Å². The van der Waals surface area contributed by atoms with Crippen LogP contribution in [0.3, 0.4) is 0 Å². The molecule has 252 valence electrons. The maximum Gasteiger partial charge on any atom is 0.261 e. The van der Waals surface area contributed by atoms with E-state index in [0.29, 0.717) is 30.5 Å². The third-order valence-electron chi connectivity index (χ3n) is 10.3. The van der Waals surface area contributed by atoms with Crippen LogP contribution >= 0.6 is 0 Å². The summed E-state index contributed by atoms with van der Waals surface area (Å²) in [7, 11) is -4.22. The van der Waals surface area contributed by atoms with Crippen LogP contribution in [0, 0.1) is 17.8 Å². The van der Waals surface area contributed by atoms with Gasteiger partial charge in [-0.25, -0.2) is 0 Å². The fraction of sp³-hybridized carbons (Fsp3) is 0.600. The van der Waals surface area contributed by atoms with Gasteiger partial charge in [0, 0.05) is 18.9 Å². The molecule has 0 bridgehead atoms. The fourth-order valence-electron chi connectivity index (χ4n) is 8.46. The van der Waals surface area contributed by atoms with Crippen molar-refractivity contribution >= 4 is 27.0 Å². The van der Waals surface area contributed by atoms with Gasteiger partial charge in [0.05, 0.1) is 18.3 Å². The summed E-state index contributed by atoms with van der Waals surface area (Å²) in [5, 5.41) is 2.61. The third-order valence-corrected chi connectivity index (χ3v) is 16.3. The van der Waals surface area contributed by atoms with Crippen molar-refractivity contribution in [3.63, 3.8) is 0 Å². The second-order valence-electron chi connectivity index (χ2n) is 16.5. The molecule has 1 aliphatic heterocycles. The quantitative estimate of drug-likeness (QED) is 0.226. The Labute approximate surface area is 282 Å². The molecular weight excluding hydrogens is 601 g/mol. The Balaban J connectivity index is 1.28. The summed E-state index contributed by atoms with van der Waals surface area (Å²) in [6, 6.07) is 21.9. The highest BCUT2D eigenvalue weighted by Crippen LogP contribution is 2.45. The molecule has 46 heavy (non-hydrogen) atoms. The Kier molecular flexibility index (Phi) is 11.1. The molecule has 5 rings (SSSR count). The first-order valence-electron chi connectivity index (χ1n) is 17.9. The molecule has 0 saturated carbocycles. The predicted molar refractivity (Wildman–Crippen MR) is 197 cm³/mol. The van der Waals surface area contributed by atoms with E-state index in [-0.39, 0.29) is 17.2 Å². The highest BCUT2D eigenvalue weighted by Gasteiger charge is 2.50. The zero-order valence-corrected chi connectivity index (χ0v) is 32.1. The van der Waals surface area contributed by atoms with Crippen LogP contribution in [0.25, 0.3) is 0 Å². The fourth-order valence-corrected chi connectivity index (χ4v) is 14.2. The average Bonchev–Trinajstić information content (AvgIpc) is 2.98. The lowest BCUT2D eigenvalue weighted by Crippen LogP contribution is -2.66. The summed E-state index contributed by atoms with van der Waals surface area (Å²) in [4.78, 5) is 0. The van der Waals surface area contributed by atoms with Crippen molar-refractivity contribution in [1.82, 2.24) is 0 Å². The Hall–Kier alpha value is -1.81. The second-order valence-corrected chi connectivity index (χ2v) is 25.2. The van der Waals surface area contributed by atoms with Crippen LogP contribution in [-0.4, -0.2) is 47.3 Å². The van der Waals surface area contributed by atoms with Gasteiger partial charge < -0.3 is 18.3 Å². The molecule has 0 aromatic heterocycles. The van der Waals surface area contributed by atoms with E-state index in [9.17, 15) is 0 Å². The van der Waals surface area contributed by atoms with Crippen molar-refractivity contribution in [1.29, 1.82) is 0 Å². The molecule has 3 aliphatic rings. The highest BCUT2D eigenvalue weighted by atomic mass is 28.4. The molecule has 1 heterocycles. The van der Waals surface area contributed by atoms with Gasteiger partial charge >= 0.3 is 0 Å². The van der Waals surface area contributed by atoms with Crippen LogP contribution in [0.15, 0.2) is 84.5 Å². The van der Waals surface area contributed by atoms with Crippen LogP contribution in [0.5, 0.6) is 0 Å². The van der Waals surface area contributed by atoms with Crippen LogP contribution in [0.4, 0.5) is 0 Å². The molecular formula is C40H60O4Si2. The van der Waals surface area contributed by atoms with Gasteiger partial charge in [-0.3, -0.25) is 0 Å². The minimum atomic E-state index is -2.58. The smallest absolute Gasteiger partial charge is 0.261 e. The van der Waals surface area contributed by atoms with Gasteiger partial charge in [-0.1, -0.05) is 107 Å². The van der Waals surface area contributed by atoms with Crippen LogP contribution in [-0.2, 0) is 18.3 Å². The summed E-state index contributed by atoms with van der Waals surface area (Å²) >= 11 is 0. The van der Waals surface area contributed by atoms with Crippen molar-refractivity contribution in [3.05, 3.63) is 84.5 Å². The number of allylic oxidation sites excluding steroid dienone is 3. The first-order valence-corrected chi connectivity index (χ1v) is 23.2. The minimum Gasteiger partial charge on any atom is -0.414 e. The first kappa shape index (κ1) is 35.5. The lowest BCUT2D eigenvalue weighted by molar-refractivity contribution is -0.302. The number of rotatable bonds is 11. The average molecular weight is 661 g/mol. The highest BCUT2D eigenvalue weighted by molar-refractivity contribution is 6.99. The predicted octanol–water partition coefficient (Wildman–Crippen LogP) is 9.02.